The van der Waals surface area contributed by atoms with E-state index in [0.29, 0.717) is 36.1 Å². The van der Waals surface area contributed by atoms with E-state index in [1.807, 2.05) is 37.3 Å². The highest BCUT2D eigenvalue weighted by Crippen LogP contribution is 2.39. The van der Waals surface area contributed by atoms with Crippen LogP contribution in [0.4, 0.5) is 30.5 Å². The maximum absolute atomic E-state index is 13.3. The molecule has 0 saturated heterocycles. The van der Waals surface area contributed by atoms with Gasteiger partial charge in [-0.3, -0.25) is 9.79 Å². The standard InChI is InChI=1S/C25H24F3N5O2/c1-14-9-21-22(12-18(14)25(26,27)28)32-23(34)13-20(31-21)17-6-4-5-16(11-17)19-10-15(2)30-24(33-19)29-7-8-35-3/h4-6,9-12H,7-8,13H2,1-3H3,(H,32,34)(H,29,30,33). The first-order valence-electron chi connectivity index (χ1n) is 10.9. The largest absolute Gasteiger partial charge is 0.416 e. The number of rotatable bonds is 6. The molecule has 0 fully saturated rings. The van der Waals surface area contributed by atoms with Crippen LogP contribution in [0.25, 0.3) is 11.3 Å². The maximum Gasteiger partial charge on any atom is 0.416 e. The first kappa shape index (κ1) is 24.3. The molecule has 1 aliphatic rings. The smallest absolute Gasteiger partial charge is 0.383 e. The normalized spacial score (nSPS) is 13.5. The first-order chi connectivity index (χ1) is 16.6. The van der Waals surface area contributed by atoms with Gasteiger partial charge < -0.3 is 15.4 Å². The molecule has 0 radical (unpaired) electrons. The van der Waals surface area contributed by atoms with Crippen molar-refractivity contribution in [3.8, 4) is 11.3 Å². The average Bonchev–Trinajstić information content (AvgIpc) is 2.95. The topological polar surface area (TPSA) is 88.5 Å². The van der Waals surface area contributed by atoms with Crippen molar-refractivity contribution < 1.29 is 22.7 Å². The van der Waals surface area contributed by atoms with Crippen LogP contribution in [0.2, 0.25) is 0 Å². The number of hydrogen-bond acceptors (Lipinski definition) is 6. The molecule has 1 aromatic heterocycles. The third-order valence-electron chi connectivity index (χ3n) is 5.44. The van der Waals surface area contributed by atoms with Crippen LogP contribution < -0.4 is 10.6 Å². The molecule has 7 nitrogen and oxygen atoms in total. The Bertz CT molecular complexity index is 1300. The van der Waals surface area contributed by atoms with E-state index in [1.54, 1.807) is 7.11 Å². The highest BCUT2D eigenvalue weighted by Gasteiger charge is 2.34. The monoisotopic (exact) mass is 483 g/mol. The fourth-order valence-corrected chi connectivity index (χ4v) is 3.81. The molecule has 2 N–H and O–H groups in total. The van der Waals surface area contributed by atoms with Crippen LogP contribution in [0.3, 0.4) is 0 Å². The number of aryl methyl sites for hydroxylation is 2. The minimum Gasteiger partial charge on any atom is -0.383 e. The first-order valence-corrected chi connectivity index (χ1v) is 10.9. The van der Waals surface area contributed by atoms with Gasteiger partial charge in [0.1, 0.15) is 0 Å². The van der Waals surface area contributed by atoms with E-state index in [-0.39, 0.29) is 23.4 Å². The second-order valence-corrected chi connectivity index (χ2v) is 8.18. The van der Waals surface area contributed by atoms with Gasteiger partial charge in [0, 0.05) is 24.9 Å². The molecule has 2 heterocycles. The van der Waals surface area contributed by atoms with Gasteiger partial charge in [0.05, 0.1) is 41.4 Å². The number of alkyl halides is 3. The van der Waals surface area contributed by atoms with Gasteiger partial charge in [0.25, 0.3) is 0 Å². The van der Waals surface area contributed by atoms with E-state index in [4.69, 9.17) is 4.74 Å². The molecule has 10 heteroatoms. The fraction of sp³-hybridized carbons (Fsp3) is 0.280. The number of ether oxygens (including phenoxy) is 1. The Kier molecular flexibility index (Phi) is 6.83. The predicted molar refractivity (Wildman–Crippen MR) is 128 cm³/mol. The number of anilines is 2. The molecule has 1 amide bonds. The molecule has 1 aliphatic heterocycles. The lowest BCUT2D eigenvalue weighted by Gasteiger charge is -2.13. The summed E-state index contributed by atoms with van der Waals surface area (Å²) in [6.07, 6.45) is -4.60. The summed E-state index contributed by atoms with van der Waals surface area (Å²) < 4.78 is 45.1. The molecule has 0 aliphatic carbocycles. The van der Waals surface area contributed by atoms with Gasteiger partial charge in [-0.25, -0.2) is 9.97 Å². The van der Waals surface area contributed by atoms with Gasteiger partial charge in [0.15, 0.2) is 0 Å². The van der Waals surface area contributed by atoms with Crippen LogP contribution in [0, 0.1) is 13.8 Å². The van der Waals surface area contributed by atoms with E-state index in [0.717, 1.165) is 17.3 Å². The Morgan fingerprint density at radius 3 is 2.60 bits per heavy atom. The number of hydrogen-bond donors (Lipinski definition) is 2. The zero-order valence-corrected chi connectivity index (χ0v) is 19.5. The van der Waals surface area contributed by atoms with Crippen LogP contribution in [0.15, 0.2) is 47.5 Å². The van der Waals surface area contributed by atoms with Crippen molar-refractivity contribution in [3.63, 3.8) is 0 Å². The van der Waals surface area contributed by atoms with E-state index in [9.17, 15) is 18.0 Å². The summed E-state index contributed by atoms with van der Waals surface area (Å²) >= 11 is 0. The Morgan fingerprint density at radius 1 is 1.09 bits per heavy atom. The van der Waals surface area contributed by atoms with Crippen molar-refractivity contribution in [2.75, 3.05) is 30.9 Å². The van der Waals surface area contributed by atoms with Gasteiger partial charge in [0.2, 0.25) is 11.9 Å². The SMILES string of the molecule is COCCNc1nc(C)cc(-c2cccc(C3=Nc4cc(C)c(C(F)(F)F)cc4NC(=O)C3)c2)n1. The number of amides is 1. The third kappa shape index (κ3) is 5.65. The second-order valence-electron chi connectivity index (χ2n) is 8.18. The zero-order chi connectivity index (χ0) is 25.2. The van der Waals surface area contributed by atoms with Gasteiger partial charge in [-0.2, -0.15) is 13.2 Å². The lowest BCUT2D eigenvalue weighted by molar-refractivity contribution is -0.138. The van der Waals surface area contributed by atoms with Crippen molar-refractivity contribution >= 4 is 28.9 Å². The van der Waals surface area contributed by atoms with Gasteiger partial charge in [-0.1, -0.05) is 18.2 Å². The van der Waals surface area contributed by atoms with Gasteiger partial charge >= 0.3 is 6.18 Å². The van der Waals surface area contributed by atoms with E-state index < -0.39 is 17.6 Å². The second kappa shape index (κ2) is 9.83. The van der Waals surface area contributed by atoms with Gasteiger partial charge in [-0.15, -0.1) is 0 Å². The summed E-state index contributed by atoms with van der Waals surface area (Å²) in [5, 5.41) is 5.67. The molecule has 182 valence electrons. The molecular formula is C25H24F3N5O2. The number of fused-ring (bicyclic) bond motifs is 1. The quantitative estimate of drug-likeness (QED) is 0.465. The molecule has 2 aromatic carbocycles. The Labute approximate surface area is 200 Å². The van der Waals surface area contributed by atoms with Crippen molar-refractivity contribution in [2.24, 2.45) is 4.99 Å². The summed E-state index contributed by atoms with van der Waals surface area (Å²) in [5.74, 6) is 0.0332. The highest BCUT2D eigenvalue weighted by atomic mass is 19.4. The molecule has 35 heavy (non-hydrogen) atoms. The number of nitrogens with zero attached hydrogens (tertiary/aromatic N) is 3. The summed E-state index contributed by atoms with van der Waals surface area (Å²) in [6, 6.07) is 11.5. The zero-order valence-electron chi connectivity index (χ0n) is 19.5. The summed E-state index contributed by atoms with van der Waals surface area (Å²) in [6.45, 7) is 4.31. The molecule has 0 atom stereocenters. The van der Waals surface area contributed by atoms with Crippen molar-refractivity contribution in [2.45, 2.75) is 26.4 Å². The minimum atomic E-state index is -4.52. The number of aliphatic imine (C=N–C) groups is 1. The number of halogens is 3. The van der Waals surface area contributed by atoms with E-state index in [2.05, 4.69) is 25.6 Å². The molecule has 4 rings (SSSR count). The average molecular weight is 483 g/mol. The van der Waals surface area contributed by atoms with Crippen LogP contribution in [0.1, 0.15) is 28.8 Å². The number of carbonyl (C=O) groups is 1. The molecule has 0 saturated carbocycles. The number of carbonyl (C=O) groups excluding carboxylic acids is 1. The van der Waals surface area contributed by atoms with Crippen LogP contribution in [0.5, 0.6) is 0 Å². The molecular weight excluding hydrogens is 459 g/mol. The number of aromatic nitrogens is 2. The Hall–Kier alpha value is -3.79. The lowest BCUT2D eigenvalue weighted by Crippen LogP contribution is -2.15. The summed E-state index contributed by atoms with van der Waals surface area (Å²) in [7, 11) is 1.61. The fourth-order valence-electron chi connectivity index (χ4n) is 3.81. The van der Waals surface area contributed by atoms with Crippen LogP contribution >= 0.6 is 0 Å². The lowest BCUT2D eigenvalue weighted by atomic mass is 10.0. The summed E-state index contributed by atoms with van der Waals surface area (Å²) in [5.41, 5.74) is 2.93. The molecule has 0 bridgehead atoms. The van der Waals surface area contributed by atoms with Crippen molar-refractivity contribution in [1.29, 1.82) is 0 Å². The molecule has 0 unspecified atom stereocenters. The molecule has 0 spiro atoms. The Balaban J connectivity index is 1.72. The van der Waals surface area contributed by atoms with E-state index >= 15 is 0 Å². The molecule has 3 aromatic rings. The van der Waals surface area contributed by atoms with E-state index in [1.165, 1.54) is 13.0 Å². The van der Waals surface area contributed by atoms with Crippen molar-refractivity contribution in [1.82, 2.24) is 9.97 Å². The predicted octanol–water partition coefficient (Wildman–Crippen LogP) is 5.30. The van der Waals surface area contributed by atoms with Gasteiger partial charge in [-0.05, 0) is 49.2 Å². The van der Waals surface area contributed by atoms with Crippen LogP contribution in [-0.4, -0.2) is 41.8 Å². The minimum absolute atomic E-state index is 0.0363. The number of nitrogens with one attached hydrogen (secondary N) is 2. The Morgan fingerprint density at radius 2 is 1.86 bits per heavy atom. The maximum atomic E-state index is 13.3. The third-order valence-corrected chi connectivity index (χ3v) is 5.44. The number of benzene rings is 2. The van der Waals surface area contributed by atoms with Crippen molar-refractivity contribution in [3.05, 3.63) is 64.8 Å². The highest BCUT2D eigenvalue weighted by molar-refractivity contribution is 6.17. The van der Waals surface area contributed by atoms with Crippen LogP contribution in [-0.2, 0) is 15.7 Å². The number of methoxy groups -OCH3 is 1. The summed E-state index contributed by atoms with van der Waals surface area (Å²) in [4.78, 5) is 26.1.